The molecule has 0 radical (unpaired) electrons. The number of hydrogen-bond donors (Lipinski definition) is 1. The predicted octanol–water partition coefficient (Wildman–Crippen LogP) is 10.5. The van der Waals surface area contributed by atoms with Crippen molar-refractivity contribution >= 4 is 56.6 Å². The molecule has 0 spiro atoms. The van der Waals surface area contributed by atoms with Crippen LogP contribution in [0.25, 0.3) is 11.0 Å². The first kappa shape index (κ1) is 44.5. The van der Waals surface area contributed by atoms with E-state index < -0.39 is 46.1 Å². The molecule has 10 atom stereocenters. The van der Waals surface area contributed by atoms with E-state index in [-0.39, 0.29) is 46.6 Å². The van der Waals surface area contributed by atoms with Crippen LogP contribution in [0, 0.1) is 0 Å². The third-order valence-corrected chi connectivity index (χ3v) is 22.9. The quantitative estimate of drug-likeness (QED) is 0.101. The maximum atomic E-state index is 6.83. The highest BCUT2D eigenvalue weighted by atomic mass is 35.5. The summed E-state index contributed by atoms with van der Waals surface area (Å²) in [5.41, 5.74) is 2.04. The number of halogens is 2. The van der Waals surface area contributed by atoms with Gasteiger partial charge in [0.25, 0.3) is 0 Å². The van der Waals surface area contributed by atoms with E-state index in [9.17, 15) is 0 Å². The third kappa shape index (κ3) is 8.99. The molecule has 1 N–H and O–H groups in total. The Morgan fingerprint density at radius 1 is 0.810 bits per heavy atom. The number of benzene rings is 1. The van der Waals surface area contributed by atoms with Crippen LogP contribution in [0.2, 0.25) is 41.4 Å². The van der Waals surface area contributed by atoms with Gasteiger partial charge in [-0.3, -0.25) is 0 Å². The van der Waals surface area contributed by atoms with Gasteiger partial charge in [-0.25, -0.2) is 4.98 Å². The summed E-state index contributed by atoms with van der Waals surface area (Å²) in [5.74, 6) is -1.64. The van der Waals surface area contributed by atoms with Crippen molar-refractivity contribution < 1.29 is 37.3 Å². The number of anilines is 1. The number of fused-ring (bicyclic) bond motifs is 3. The molecule has 7 rings (SSSR count). The zero-order chi connectivity index (χ0) is 42.2. The normalized spacial score (nSPS) is 31.8. The summed E-state index contributed by atoms with van der Waals surface area (Å²) in [6.45, 7) is 29.1. The first-order valence-corrected chi connectivity index (χ1v) is 27.4. The molecule has 15 heteroatoms. The topological polar surface area (TPSA) is 104 Å². The molecule has 0 saturated carbocycles. The Hall–Kier alpha value is -1.60. The highest BCUT2D eigenvalue weighted by molar-refractivity contribution is 6.74. The molecule has 2 unspecified atom stereocenters. The number of nitrogens with one attached hydrogen (secondary N) is 1. The van der Waals surface area contributed by atoms with Gasteiger partial charge in [0, 0.05) is 23.7 Å². The number of pyridine rings is 1. The minimum absolute atomic E-state index is 0.0637. The average molecular weight is 879 g/mol. The van der Waals surface area contributed by atoms with Gasteiger partial charge in [0.1, 0.15) is 47.4 Å². The van der Waals surface area contributed by atoms with Gasteiger partial charge >= 0.3 is 0 Å². The number of hydrogen-bond acceptors (Lipinski definition) is 10. The molecule has 4 aliphatic heterocycles. The van der Waals surface area contributed by atoms with Crippen molar-refractivity contribution in [2.75, 3.05) is 18.5 Å². The van der Waals surface area contributed by atoms with Crippen LogP contribution >= 0.6 is 23.2 Å². The van der Waals surface area contributed by atoms with Crippen LogP contribution in [-0.4, -0.2) is 93.2 Å². The Morgan fingerprint density at radius 3 is 2.00 bits per heavy atom. The van der Waals surface area contributed by atoms with E-state index in [0.29, 0.717) is 36.9 Å². The maximum absolute atomic E-state index is 6.83. The number of ether oxygens (including phenoxy) is 6. The summed E-state index contributed by atoms with van der Waals surface area (Å²) in [6, 6.07) is 14.2. The fraction of sp³-hybridized carbons (Fsp3) is 0.698. The van der Waals surface area contributed by atoms with Crippen molar-refractivity contribution in [3.63, 3.8) is 0 Å². The second-order valence-corrected chi connectivity index (χ2v) is 30.6. The average Bonchev–Trinajstić information content (AvgIpc) is 3.91. The summed E-state index contributed by atoms with van der Waals surface area (Å²) < 4.78 is 54.3. The van der Waals surface area contributed by atoms with Crippen molar-refractivity contribution in [1.82, 2.24) is 9.55 Å². The smallest absolute Gasteiger partial charge is 0.192 e. The molecule has 322 valence electrons. The molecule has 3 aromatic rings. The lowest BCUT2D eigenvalue weighted by molar-refractivity contribution is -0.199. The number of nitrogens with zero attached hydrogens (tertiary/aromatic N) is 2. The van der Waals surface area contributed by atoms with Gasteiger partial charge in [0.2, 0.25) is 0 Å². The SMILES string of the molecule is CC1(C)O[C@@H]2[C@H](O1)[C@@H](CO[Si](C)(C)C(C)(C)C)O[C@H]2n1ccc2c(N[C@H](CCC3(C)O[C@@H]4[C@@H](CO[Si](C)(C)C(C)(C)C)OC(Cl)[C@@H]4O3)c3ccccc3)cc(Cl)nc21. The molecule has 4 saturated heterocycles. The zero-order valence-corrected chi connectivity index (χ0v) is 40.1. The van der Waals surface area contributed by atoms with Crippen molar-refractivity contribution in [1.29, 1.82) is 0 Å². The Kier molecular flexibility index (Phi) is 12.2. The van der Waals surface area contributed by atoms with E-state index in [1.54, 1.807) is 0 Å². The minimum atomic E-state index is -2.04. The standard InChI is InChI=1S/C43H65Cl2N3O8Si2/c1-40(2,3)57(10,11)49-24-30-33-35(37(45)51-30)56-43(9,55-33)21-19-28(26-17-15-14-16-18-26)46-29-23-32(44)47-38-27(29)20-22-48(38)39-36-34(53-42(7,8)54-36)31(52-39)25-50-58(12,13)41(4,5)6/h14-18,20,22-23,28,30-31,33-37,39H,19,21,24-25H2,1-13H3,(H,46,47)/t28-,30-,31-,33-,34-,35-,36-,37?,39-,43?/m1/s1. The van der Waals surface area contributed by atoms with Crippen LogP contribution in [-0.2, 0) is 37.3 Å². The van der Waals surface area contributed by atoms with Gasteiger partial charge in [-0.05, 0) is 81.2 Å². The van der Waals surface area contributed by atoms with Gasteiger partial charge in [-0.2, -0.15) is 0 Å². The lowest BCUT2D eigenvalue weighted by Gasteiger charge is -2.37. The van der Waals surface area contributed by atoms with Crippen LogP contribution in [0.5, 0.6) is 0 Å². The molecule has 4 aliphatic rings. The van der Waals surface area contributed by atoms with Crippen LogP contribution in [0.3, 0.4) is 0 Å². The molecular weight excluding hydrogens is 814 g/mol. The summed E-state index contributed by atoms with van der Waals surface area (Å²) in [5, 5.41) is 5.24. The van der Waals surface area contributed by atoms with Gasteiger partial charge in [-0.15, -0.1) is 0 Å². The van der Waals surface area contributed by atoms with Gasteiger partial charge in [0.15, 0.2) is 40.0 Å². The lowest BCUT2D eigenvalue weighted by Crippen LogP contribution is -2.44. The van der Waals surface area contributed by atoms with Crippen LogP contribution in [0.1, 0.15) is 93.0 Å². The summed E-state index contributed by atoms with van der Waals surface area (Å²) in [7, 11) is -4.05. The van der Waals surface area contributed by atoms with E-state index in [2.05, 4.69) is 103 Å². The van der Waals surface area contributed by atoms with Crippen molar-refractivity contribution in [3.8, 4) is 0 Å². The van der Waals surface area contributed by atoms with E-state index in [4.69, 9.17) is 65.5 Å². The Labute approximate surface area is 357 Å². The van der Waals surface area contributed by atoms with E-state index >= 15 is 0 Å². The summed E-state index contributed by atoms with van der Waals surface area (Å²) in [4.78, 5) is 4.84. The van der Waals surface area contributed by atoms with Gasteiger partial charge in [0.05, 0.1) is 19.3 Å². The largest absolute Gasteiger partial charge is 0.414 e. The second-order valence-electron chi connectivity index (χ2n) is 20.2. The maximum Gasteiger partial charge on any atom is 0.192 e. The Bertz CT molecular complexity index is 1920. The number of alkyl halides is 1. The highest BCUT2D eigenvalue weighted by Crippen LogP contribution is 2.47. The highest BCUT2D eigenvalue weighted by Gasteiger charge is 2.58. The fourth-order valence-corrected chi connectivity index (χ4v) is 10.4. The molecule has 11 nitrogen and oxygen atoms in total. The van der Waals surface area contributed by atoms with Crippen LogP contribution in [0.15, 0.2) is 48.7 Å². The lowest BCUT2D eigenvalue weighted by atomic mass is 9.98. The van der Waals surface area contributed by atoms with Crippen molar-refractivity contribution in [2.45, 2.75) is 177 Å². The predicted molar refractivity (Wildman–Crippen MR) is 233 cm³/mol. The van der Waals surface area contributed by atoms with Gasteiger partial charge < -0.3 is 47.2 Å². The Balaban J connectivity index is 1.10. The van der Waals surface area contributed by atoms with Crippen LogP contribution in [0.4, 0.5) is 5.69 Å². The molecule has 0 aliphatic carbocycles. The molecule has 6 heterocycles. The molecule has 4 fully saturated rings. The van der Waals surface area contributed by atoms with E-state index in [1.807, 2.05) is 43.7 Å². The molecule has 2 aromatic heterocycles. The van der Waals surface area contributed by atoms with Gasteiger partial charge in [-0.1, -0.05) is 95.1 Å². The molecule has 0 amide bonds. The summed E-state index contributed by atoms with van der Waals surface area (Å²) in [6.07, 6.45) is 0.775. The Morgan fingerprint density at radius 2 is 1.38 bits per heavy atom. The first-order chi connectivity index (χ1) is 26.9. The molecule has 58 heavy (non-hydrogen) atoms. The van der Waals surface area contributed by atoms with Crippen LogP contribution < -0.4 is 5.32 Å². The first-order valence-electron chi connectivity index (χ1n) is 20.8. The fourth-order valence-electron chi connectivity index (χ4n) is 7.86. The number of rotatable bonds is 13. The number of aromatic nitrogens is 2. The second kappa shape index (κ2) is 15.9. The van der Waals surface area contributed by atoms with E-state index in [1.165, 1.54) is 0 Å². The van der Waals surface area contributed by atoms with E-state index in [0.717, 1.165) is 16.6 Å². The zero-order valence-electron chi connectivity index (χ0n) is 36.6. The molecular formula is C43H65Cl2N3O8Si2. The summed E-state index contributed by atoms with van der Waals surface area (Å²) >= 11 is 13.6. The van der Waals surface area contributed by atoms with Crippen molar-refractivity contribution in [3.05, 3.63) is 59.4 Å². The molecule has 1 aromatic carbocycles. The third-order valence-electron chi connectivity index (χ3n) is 13.3. The van der Waals surface area contributed by atoms with Crippen molar-refractivity contribution in [2.24, 2.45) is 0 Å². The minimum Gasteiger partial charge on any atom is -0.414 e. The molecule has 0 bridgehead atoms. The monoisotopic (exact) mass is 877 g/mol.